The summed E-state index contributed by atoms with van der Waals surface area (Å²) >= 11 is 0. The first kappa shape index (κ1) is 23.2. The Kier molecular flexibility index (Phi) is 7.32. The SMILES string of the molecule is N=C(N)c1ccc(-c2ccc(C(=O)N3CCC(CC(=O)OCc4cccnc4)CC3)cc2)cc1. The molecule has 1 aromatic heterocycles. The van der Waals surface area contributed by atoms with Gasteiger partial charge in [0.05, 0.1) is 0 Å². The summed E-state index contributed by atoms with van der Waals surface area (Å²) in [6.07, 6.45) is 5.32. The highest BCUT2D eigenvalue weighted by Gasteiger charge is 2.25. The zero-order valence-electron chi connectivity index (χ0n) is 18.9. The number of aromatic nitrogens is 1. The number of esters is 1. The van der Waals surface area contributed by atoms with Crippen molar-refractivity contribution in [2.75, 3.05) is 13.1 Å². The van der Waals surface area contributed by atoms with Gasteiger partial charge in [-0.25, -0.2) is 0 Å². The maximum Gasteiger partial charge on any atom is 0.306 e. The molecule has 0 unspecified atom stereocenters. The number of carbonyl (C=O) groups is 2. The number of piperidine rings is 1. The first-order valence-corrected chi connectivity index (χ1v) is 11.4. The van der Waals surface area contributed by atoms with Crippen LogP contribution in [-0.2, 0) is 16.1 Å². The van der Waals surface area contributed by atoms with Crippen molar-refractivity contribution in [3.8, 4) is 11.1 Å². The van der Waals surface area contributed by atoms with Crippen LogP contribution < -0.4 is 5.73 Å². The van der Waals surface area contributed by atoms with Crippen LogP contribution in [0.2, 0.25) is 0 Å². The van der Waals surface area contributed by atoms with Crippen LogP contribution in [0.15, 0.2) is 73.1 Å². The monoisotopic (exact) mass is 456 g/mol. The Morgan fingerprint density at radius 3 is 2.15 bits per heavy atom. The molecule has 1 aliphatic rings. The highest BCUT2D eigenvalue weighted by atomic mass is 16.5. The Labute approximate surface area is 199 Å². The van der Waals surface area contributed by atoms with Gasteiger partial charge >= 0.3 is 5.97 Å². The van der Waals surface area contributed by atoms with Crippen LogP contribution in [0, 0.1) is 11.3 Å². The largest absolute Gasteiger partial charge is 0.461 e. The van der Waals surface area contributed by atoms with Crippen molar-refractivity contribution in [3.05, 3.63) is 89.7 Å². The molecule has 1 aliphatic heterocycles. The molecule has 0 bridgehead atoms. The predicted octanol–water partition coefficient (Wildman–Crippen LogP) is 4.02. The van der Waals surface area contributed by atoms with Crippen molar-refractivity contribution in [2.24, 2.45) is 11.7 Å². The van der Waals surface area contributed by atoms with Crippen LogP contribution in [0.1, 0.15) is 40.7 Å². The molecule has 0 saturated carbocycles. The summed E-state index contributed by atoms with van der Waals surface area (Å²) in [7, 11) is 0. The summed E-state index contributed by atoms with van der Waals surface area (Å²) in [5.74, 6) is 0.0697. The van der Waals surface area contributed by atoms with E-state index in [4.69, 9.17) is 15.9 Å². The molecule has 1 amide bonds. The van der Waals surface area contributed by atoms with Crippen molar-refractivity contribution in [2.45, 2.75) is 25.9 Å². The first-order chi connectivity index (χ1) is 16.5. The lowest BCUT2D eigenvalue weighted by Crippen LogP contribution is -2.39. The lowest BCUT2D eigenvalue weighted by Gasteiger charge is -2.31. The molecule has 0 aliphatic carbocycles. The third-order valence-electron chi connectivity index (χ3n) is 6.14. The van der Waals surface area contributed by atoms with Gasteiger partial charge < -0.3 is 15.4 Å². The lowest BCUT2D eigenvalue weighted by atomic mass is 9.93. The van der Waals surface area contributed by atoms with Gasteiger partial charge in [-0.15, -0.1) is 0 Å². The van der Waals surface area contributed by atoms with Crippen LogP contribution in [-0.4, -0.2) is 40.7 Å². The number of nitrogens with zero attached hydrogens (tertiary/aromatic N) is 2. The number of pyridine rings is 1. The molecule has 34 heavy (non-hydrogen) atoms. The van der Waals surface area contributed by atoms with Crippen molar-refractivity contribution < 1.29 is 14.3 Å². The summed E-state index contributed by atoms with van der Waals surface area (Å²) in [4.78, 5) is 31.0. The second-order valence-corrected chi connectivity index (χ2v) is 8.53. The molecule has 3 N–H and O–H groups in total. The van der Waals surface area contributed by atoms with Crippen LogP contribution in [0.3, 0.4) is 0 Å². The highest BCUT2D eigenvalue weighted by molar-refractivity contribution is 5.96. The summed E-state index contributed by atoms with van der Waals surface area (Å²) in [5.41, 5.74) is 9.71. The molecule has 2 heterocycles. The van der Waals surface area contributed by atoms with Gasteiger partial charge in [-0.3, -0.25) is 20.0 Å². The molecular weight excluding hydrogens is 428 g/mol. The lowest BCUT2D eigenvalue weighted by molar-refractivity contribution is -0.146. The second-order valence-electron chi connectivity index (χ2n) is 8.53. The van der Waals surface area contributed by atoms with Gasteiger partial charge in [0.25, 0.3) is 5.91 Å². The minimum absolute atomic E-state index is 0.0103. The molecule has 1 saturated heterocycles. The molecule has 0 atom stereocenters. The molecule has 2 aromatic carbocycles. The number of ether oxygens (including phenoxy) is 1. The van der Waals surface area contributed by atoms with E-state index in [1.807, 2.05) is 65.6 Å². The standard InChI is InChI=1S/C27H28N4O3/c28-26(29)23-7-3-21(4-8-23)22-5-9-24(10-6-22)27(33)31-14-11-19(12-15-31)16-25(32)34-18-20-2-1-13-30-17-20/h1-10,13,17,19H,11-12,14-16,18H2,(H3,28,29). The van der Waals surface area contributed by atoms with E-state index in [-0.39, 0.29) is 30.2 Å². The van der Waals surface area contributed by atoms with Crippen LogP contribution in [0.4, 0.5) is 0 Å². The summed E-state index contributed by atoms with van der Waals surface area (Å²) in [5, 5.41) is 7.49. The number of hydrogen-bond acceptors (Lipinski definition) is 5. The van der Waals surface area contributed by atoms with Gasteiger partial charge in [-0.1, -0.05) is 42.5 Å². The zero-order chi connectivity index (χ0) is 23.9. The molecule has 0 radical (unpaired) electrons. The average molecular weight is 457 g/mol. The van der Waals surface area contributed by atoms with E-state index in [1.165, 1.54) is 0 Å². The predicted molar refractivity (Wildman–Crippen MR) is 130 cm³/mol. The zero-order valence-corrected chi connectivity index (χ0v) is 18.9. The fraction of sp³-hybridized carbons (Fsp3) is 0.259. The highest BCUT2D eigenvalue weighted by Crippen LogP contribution is 2.24. The van der Waals surface area contributed by atoms with Crippen LogP contribution in [0.5, 0.6) is 0 Å². The summed E-state index contributed by atoms with van der Waals surface area (Å²) < 4.78 is 5.36. The average Bonchev–Trinajstić information content (AvgIpc) is 2.88. The van der Waals surface area contributed by atoms with Gasteiger partial charge in [-0.05, 0) is 48.1 Å². The van der Waals surface area contributed by atoms with Crippen molar-refractivity contribution >= 4 is 17.7 Å². The van der Waals surface area contributed by atoms with E-state index < -0.39 is 0 Å². The number of benzene rings is 2. The van der Waals surface area contributed by atoms with Gasteiger partial charge in [0.15, 0.2) is 0 Å². The molecule has 0 spiro atoms. The smallest absolute Gasteiger partial charge is 0.306 e. The van der Waals surface area contributed by atoms with Crippen LogP contribution in [0.25, 0.3) is 11.1 Å². The maximum absolute atomic E-state index is 12.9. The molecule has 3 aromatic rings. The Balaban J connectivity index is 1.26. The number of nitrogen functional groups attached to an aromatic ring is 1. The second kappa shape index (κ2) is 10.7. The number of nitrogens with one attached hydrogen (secondary N) is 1. The number of hydrogen-bond donors (Lipinski definition) is 2. The molecule has 174 valence electrons. The van der Waals surface area contributed by atoms with Gasteiger partial charge in [0.2, 0.25) is 0 Å². The number of amidine groups is 1. The summed E-state index contributed by atoms with van der Waals surface area (Å²) in [6, 6.07) is 18.7. The molecule has 4 rings (SSSR count). The number of amides is 1. The minimum atomic E-state index is -0.208. The van der Waals surface area contributed by atoms with E-state index in [0.717, 1.165) is 29.5 Å². The Morgan fingerprint density at radius 1 is 0.971 bits per heavy atom. The topological polar surface area (TPSA) is 109 Å². The quantitative estimate of drug-likeness (QED) is 0.317. The van der Waals surface area contributed by atoms with Crippen molar-refractivity contribution in [3.63, 3.8) is 0 Å². The van der Waals surface area contributed by atoms with E-state index in [9.17, 15) is 9.59 Å². The van der Waals surface area contributed by atoms with Gasteiger partial charge in [0, 0.05) is 48.6 Å². The van der Waals surface area contributed by atoms with Crippen molar-refractivity contribution in [1.82, 2.24) is 9.88 Å². The number of carbonyl (C=O) groups excluding carboxylic acids is 2. The Bertz CT molecular complexity index is 1140. The van der Waals surface area contributed by atoms with Gasteiger partial charge in [-0.2, -0.15) is 0 Å². The van der Waals surface area contributed by atoms with E-state index >= 15 is 0 Å². The van der Waals surface area contributed by atoms with Crippen LogP contribution >= 0.6 is 0 Å². The van der Waals surface area contributed by atoms with E-state index in [1.54, 1.807) is 12.4 Å². The molecule has 1 fully saturated rings. The van der Waals surface area contributed by atoms with Gasteiger partial charge in [0.1, 0.15) is 12.4 Å². The Morgan fingerprint density at radius 2 is 1.59 bits per heavy atom. The molecular formula is C27H28N4O3. The normalized spacial score (nSPS) is 13.9. The van der Waals surface area contributed by atoms with E-state index in [2.05, 4.69) is 4.98 Å². The summed E-state index contributed by atoms with van der Waals surface area (Å²) in [6.45, 7) is 1.50. The first-order valence-electron chi connectivity index (χ1n) is 11.4. The van der Waals surface area contributed by atoms with Crippen molar-refractivity contribution in [1.29, 1.82) is 5.41 Å². The Hall–Kier alpha value is -4.00. The number of nitrogens with two attached hydrogens (primary N) is 1. The number of rotatable bonds is 7. The third-order valence-corrected chi connectivity index (χ3v) is 6.14. The van der Waals surface area contributed by atoms with E-state index in [0.29, 0.717) is 30.6 Å². The fourth-order valence-electron chi connectivity index (χ4n) is 4.11. The number of likely N-dealkylation sites (tertiary alicyclic amines) is 1. The fourth-order valence-corrected chi connectivity index (χ4v) is 4.11. The minimum Gasteiger partial charge on any atom is -0.461 e. The molecule has 7 heteroatoms. The maximum atomic E-state index is 12.9. The molecule has 7 nitrogen and oxygen atoms in total. The third kappa shape index (κ3) is 5.86.